The second kappa shape index (κ2) is 80.6. The minimum absolute atomic E-state index is 0.0107. The van der Waals surface area contributed by atoms with Crippen molar-refractivity contribution >= 4 is 0 Å². The molecule has 8 N–H and O–H groups in total. The maximum atomic E-state index is 11.3. The lowest BCUT2D eigenvalue weighted by atomic mass is 10.0. The summed E-state index contributed by atoms with van der Waals surface area (Å²) in [5.41, 5.74) is 0. The molecule has 0 aliphatic rings. The highest BCUT2D eigenvalue weighted by molar-refractivity contribution is 4.76. The molecule has 12 heteroatoms. The van der Waals surface area contributed by atoms with E-state index in [0.717, 1.165) is 135 Å². The molecule has 0 aromatic rings. The molecule has 12 nitrogen and oxygen atoms in total. The molecule has 0 spiro atoms. The van der Waals surface area contributed by atoms with Crippen LogP contribution in [0.5, 0.6) is 0 Å². The fourth-order valence-electron chi connectivity index (χ4n) is 14.3. The molecule has 0 aromatic carbocycles. The highest BCUT2D eigenvalue weighted by Gasteiger charge is 2.27. The highest BCUT2D eigenvalue weighted by atomic mass is 16.3. The van der Waals surface area contributed by atoms with Gasteiger partial charge in [-0.3, -0.25) is 0 Å². The zero-order chi connectivity index (χ0) is 72.3. The van der Waals surface area contributed by atoms with Gasteiger partial charge >= 0.3 is 0 Å². The van der Waals surface area contributed by atoms with Gasteiger partial charge in [-0.15, -0.1) is 0 Å². The number of hydrogen-bond donors (Lipinski definition) is 8. The van der Waals surface area contributed by atoms with Crippen LogP contribution in [0.25, 0.3) is 0 Å². The number of nitrogens with zero attached hydrogens (tertiary/aromatic N) is 4. The molecule has 98 heavy (non-hydrogen) atoms. The summed E-state index contributed by atoms with van der Waals surface area (Å²) >= 11 is 0. The smallest absolute Gasteiger partial charge is 0.0681 e. The lowest BCUT2D eigenvalue weighted by Gasteiger charge is -2.39. The monoisotopic (exact) mass is 1400 g/mol. The molecule has 0 aliphatic carbocycles. The number of hydrazine groups is 2. The molecule has 0 rings (SSSR count). The number of unbranched alkanes of at least 4 members (excludes halogenated alkanes) is 49. The van der Waals surface area contributed by atoms with Crippen molar-refractivity contribution in [2.75, 3.05) is 59.0 Å². The van der Waals surface area contributed by atoms with Gasteiger partial charge in [0.25, 0.3) is 0 Å². The molecular formula is C86H180N4O8. The van der Waals surface area contributed by atoms with Crippen molar-refractivity contribution in [3.05, 3.63) is 0 Å². The Bertz CT molecular complexity index is 1330. The van der Waals surface area contributed by atoms with E-state index in [1.807, 2.05) is 10.0 Å². The first kappa shape index (κ1) is 99.6. The SMILES string of the molecule is CCCCCCCCCCC(O)CN(CC(O)CCCCCCCCCC)N(CC(O)CCCCCCCCCC)CC(O)CCCCCCCCCC.CCCCCCCCCCC(O)CN(CCO)N(CC(O)CCCCCCCCCC)CC(O)CCCCCCCCCC. The summed E-state index contributed by atoms with van der Waals surface area (Å²) in [6, 6.07) is 0. The van der Waals surface area contributed by atoms with Gasteiger partial charge < -0.3 is 40.9 Å². The van der Waals surface area contributed by atoms with E-state index < -0.39 is 42.7 Å². The molecule has 0 radical (unpaired) electrons. The van der Waals surface area contributed by atoms with Crippen molar-refractivity contribution in [1.82, 2.24) is 20.0 Å². The molecule has 0 fully saturated rings. The van der Waals surface area contributed by atoms with E-state index in [4.69, 9.17) is 0 Å². The van der Waals surface area contributed by atoms with Crippen LogP contribution in [-0.2, 0) is 0 Å². The van der Waals surface area contributed by atoms with Gasteiger partial charge in [-0.2, -0.15) is 0 Å². The van der Waals surface area contributed by atoms with Gasteiger partial charge in [-0.05, 0) is 44.9 Å². The number of rotatable bonds is 81. The maximum absolute atomic E-state index is 11.3. The number of hydrogen-bond acceptors (Lipinski definition) is 12. The van der Waals surface area contributed by atoms with E-state index in [-0.39, 0.29) is 6.61 Å². The van der Waals surface area contributed by atoms with E-state index >= 15 is 0 Å². The predicted molar refractivity (Wildman–Crippen MR) is 426 cm³/mol. The molecule has 0 saturated heterocycles. The summed E-state index contributed by atoms with van der Waals surface area (Å²) in [5.74, 6) is 0. The molecular weight excluding hydrogens is 1220 g/mol. The Kier molecular flexibility index (Phi) is 81.9. The minimum Gasteiger partial charge on any atom is -0.395 e. The number of aliphatic hydroxyl groups excluding tert-OH is 8. The Morgan fingerprint density at radius 2 is 0.276 bits per heavy atom. The average molecular weight is 1400 g/mol. The summed E-state index contributed by atoms with van der Waals surface area (Å²) in [5, 5.41) is 96.4. The fourth-order valence-corrected chi connectivity index (χ4v) is 14.3. The van der Waals surface area contributed by atoms with Gasteiger partial charge in [0.15, 0.2) is 0 Å². The van der Waals surface area contributed by atoms with E-state index in [1.165, 1.54) is 270 Å². The van der Waals surface area contributed by atoms with Crippen molar-refractivity contribution in [2.24, 2.45) is 0 Å². The molecule has 7 unspecified atom stereocenters. The lowest BCUT2D eigenvalue weighted by Crippen LogP contribution is -2.54. The van der Waals surface area contributed by atoms with Gasteiger partial charge in [-0.1, -0.05) is 408 Å². The first-order valence-corrected chi connectivity index (χ1v) is 44.2. The Morgan fingerprint density at radius 3 is 0.408 bits per heavy atom. The van der Waals surface area contributed by atoms with Crippen LogP contribution in [0, 0.1) is 0 Å². The third kappa shape index (κ3) is 72.5. The third-order valence-corrected chi connectivity index (χ3v) is 20.8. The van der Waals surface area contributed by atoms with Crippen molar-refractivity contribution in [2.45, 2.75) is 496 Å². The van der Waals surface area contributed by atoms with Crippen LogP contribution in [0.3, 0.4) is 0 Å². The van der Waals surface area contributed by atoms with Crippen LogP contribution in [-0.4, -0.2) is 163 Å². The first-order chi connectivity index (χ1) is 47.8. The molecule has 0 aromatic heterocycles. The van der Waals surface area contributed by atoms with Gasteiger partial charge in [-0.25, -0.2) is 20.0 Å². The zero-order valence-corrected chi connectivity index (χ0v) is 67.3. The van der Waals surface area contributed by atoms with E-state index in [9.17, 15) is 40.9 Å². The minimum atomic E-state index is -0.488. The van der Waals surface area contributed by atoms with Crippen LogP contribution in [0.1, 0.15) is 453 Å². The van der Waals surface area contributed by atoms with Crippen molar-refractivity contribution in [3.63, 3.8) is 0 Å². The molecule has 0 heterocycles. The third-order valence-electron chi connectivity index (χ3n) is 20.8. The Labute approximate surface area is 612 Å². The highest BCUT2D eigenvalue weighted by Crippen LogP contribution is 2.22. The second-order valence-corrected chi connectivity index (χ2v) is 31.2. The fraction of sp³-hybridized carbons (Fsp3) is 1.00. The summed E-state index contributed by atoms with van der Waals surface area (Å²) in [4.78, 5) is 0. The van der Waals surface area contributed by atoms with Gasteiger partial charge in [0.2, 0.25) is 0 Å². The van der Waals surface area contributed by atoms with Crippen LogP contribution in [0.4, 0.5) is 0 Å². The van der Waals surface area contributed by atoms with Crippen molar-refractivity contribution in [3.8, 4) is 0 Å². The van der Waals surface area contributed by atoms with Gasteiger partial charge in [0.1, 0.15) is 0 Å². The summed E-state index contributed by atoms with van der Waals surface area (Å²) in [7, 11) is 0. The Hall–Kier alpha value is -0.480. The average Bonchev–Trinajstić information content (AvgIpc) is 0.909. The Morgan fingerprint density at radius 1 is 0.163 bits per heavy atom. The summed E-state index contributed by atoms with van der Waals surface area (Å²) in [6.45, 7) is 19.3. The topological polar surface area (TPSA) is 175 Å². The first-order valence-electron chi connectivity index (χ1n) is 44.2. The lowest BCUT2D eigenvalue weighted by molar-refractivity contribution is -0.111. The van der Waals surface area contributed by atoms with Crippen LogP contribution < -0.4 is 0 Å². The summed E-state index contributed by atoms with van der Waals surface area (Å²) in [6.07, 6.45) is 71.6. The van der Waals surface area contributed by atoms with Crippen LogP contribution in [0.2, 0.25) is 0 Å². The Balaban J connectivity index is 0. The standard InChI is InChI=1S/C48H100N2O4.C38H80N2O4/c1-5-9-13-17-21-25-29-33-37-45(51)41-49(42-46(52)38-34-30-26-22-18-14-10-6-2)50(43-47(53)39-35-31-27-23-19-15-11-7-3)44-48(54)40-36-32-28-24-20-16-12-8-4;1-4-7-10-13-16-19-22-25-28-36(42)33-39(31-32-41)40(34-37(43)29-26-23-20-17-14-11-8-5-2)35-38(44)30-27-24-21-18-15-12-9-6-3/h45-48,51-54H,5-44H2,1-4H3;36-38,41-44H,4-35H2,1-3H3. The predicted octanol–water partition coefficient (Wildman–Crippen LogP) is 22.2. The summed E-state index contributed by atoms with van der Waals surface area (Å²) < 4.78 is 0. The molecule has 592 valence electrons. The second-order valence-electron chi connectivity index (χ2n) is 31.2. The van der Waals surface area contributed by atoms with Crippen molar-refractivity contribution < 1.29 is 40.9 Å². The normalized spacial score (nSPS) is 14.2. The van der Waals surface area contributed by atoms with Gasteiger partial charge in [0, 0.05) is 52.4 Å². The van der Waals surface area contributed by atoms with Crippen molar-refractivity contribution in [1.29, 1.82) is 0 Å². The van der Waals surface area contributed by atoms with Crippen LogP contribution >= 0.6 is 0 Å². The van der Waals surface area contributed by atoms with E-state index in [0.29, 0.717) is 52.4 Å². The molecule has 0 amide bonds. The molecule has 0 aliphatic heterocycles. The largest absolute Gasteiger partial charge is 0.395 e. The maximum Gasteiger partial charge on any atom is 0.0681 e. The quantitative estimate of drug-likeness (QED) is 0.0214. The molecule has 0 bridgehead atoms. The molecule has 0 saturated carbocycles. The number of aliphatic hydroxyl groups is 8. The van der Waals surface area contributed by atoms with Crippen LogP contribution in [0.15, 0.2) is 0 Å². The van der Waals surface area contributed by atoms with E-state index in [2.05, 4.69) is 58.5 Å². The zero-order valence-electron chi connectivity index (χ0n) is 67.3. The molecule has 7 atom stereocenters. The van der Waals surface area contributed by atoms with E-state index in [1.54, 1.807) is 0 Å². The van der Waals surface area contributed by atoms with Gasteiger partial charge in [0.05, 0.1) is 49.3 Å².